The van der Waals surface area contributed by atoms with Crippen LogP contribution in [0.15, 0.2) is 24.3 Å². The Morgan fingerprint density at radius 2 is 1.68 bits per heavy atom. The Bertz CT molecular complexity index is 914. The summed E-state index contributed by atoms with van der Waals surface area (Å²) < 4.78 is 5.43. The maximum Gasteiger partial charge on any atom is 0.408 e. The van der Waals surface area contributed by atoms with Gasteiger partial charge in [0.1, 0.15) is 17.7 Å². The highest BCUT2D eigenvalue weighted by Crippen LogP contribution is 2.27. The van der Waals surface area contributed by atoms with Gasteiger partial charge in [-0.2, -0.15) is 0 Å². The zero-order chi connectivity index (χ0) is 28.0. The molecule has 0 radical (unpaired) electrons. The molecule has 0 aromatic heterocycles. The van der Waals surface area contributed by atoms with Crippen LogP contribution in [0, 0.1) is 18.3 Å². The summed E-state index contributed by atoms with van der Waals surface area (Å²) in [5.74, 6) is 1.83. The zero-order valence-corrected chi connectivity index (χ0v) is 23.9. The number of carbonyl (C=O) groups is 3. The van der Waals surface area contributed by atoms with Gasteiger partial charge in [-0.1, -0.05) is 77.5 Å². The van der Waals surface area contributed by atoms with Gasteiger partial charge >= 0.3 is 6.09 Å². The highest BCUT2D eigenvalue weighted by atomic mass is 16.6. The summed E-state index contributed by atoms with van der Waals surface area (Å²) in [5, 5.41) is 5.75. The molecule has 0 heterocycles. The molecule has 0 aliphatic rings. The van der Waals surface area contributed by atoms with Crippen LogP contribution in [0.2, 0.25) is 0 Å². The molecule has 7 nitrogen and oxygen atoms in total. The first-order chi connectivity index (χ1) is 17.5. The van der Waals surface area contributed by atoms with Gasteiger partial charge in [0, 0.05) is 18.7 Å². The maximum absolute atomic E-state index is 14.1. The van der Waals surface area contributed by atoms with Crippen molar-refractivity contribution in [2.75, 3.05) is 13.1 Å². The number of amides is 3. The summed E-state index contributed by atoms with van der Waals surface area (Å²) in [6, 6.07) is 5.43. The number of benzene rings is 1. The minimum atomic E-state index is -0.917. The number of unbranched alkanes of at least 4 members (excludes halogenated alkanes) is 4. The third-order valence-corrected chi connectivity index (χ3v) is 5.94. The molecule has 37 heavy (non-hydrogen) atoms. The molecule has 0 aliphatic heterocycles. The number of alkyl carbamates (subject to hydrolysis) is 1. The molecular formula is C30H47N3O4. The molecular weight excluding hydrogens is 466 g/mol. The van der Waals surface area contributed by atoms with Gasteiger partial charge in [0.2, 0.25) is 11.8 Å². The number of carbonyl (C=O) groups excluding carboxylic acids is 3. The third-order valence-electron chi connectivity index (χ3n) is 5.94. The maximum atomic E-state index is 14.1. The molecule has 2 atom stereocenters. The fourth-order valence-corrected chi connectivity index (χ4v) is 4.00. The van der Waals surface area contributed by atoms with E-state index in [1.165, 1.54) is 0 Å². The third kappa shape index (κ3) is 10.9. The largest absolute Gasteiger partial charge is 0.444 e. The highest BCUT2D eigenvalue weighted by Gasteiger charge is 2.37. The topological polar surface area (TPSA) is 87.7 Å². The van der Waals surface area contributed by atoms with E-state index in [1.807, 2.05) is 26.0 Å². The molecule has 1 aromatic carbocycles. The number of nitrogens with zero attached hydrogens (tertiary/aromatic N) is 1. The molecule has 0 saturated carbocycles. The van der Waals surface area contributed by atoms with Crippen LogP contribution in [0.5, 0.6) is 0 Å². The van der Waals surface area contributed by atoms with E-state index < -0.39 is 23.8 Å². The summed E-state index contributed by atoms with van der Waals surface area (Å²) in [6.07, 6.45) is 10.6. The quantitative estimate of drug-likeness (QED) is 0.251. The molecule has 7 heteroatoms. The standard InChI is InChI=1S/C30H47N3O4/c1-9-12-14-17-21-33(28(35)25(22(4)5)32-29(36)37-30(6,7)8)26(27(34)31-20-13-10-2)24-19-16-15-18-23(24)11-3/h3,15-16,18-19,22,25-26H,9-10,12-14,17,20-21H2,1-2,4-8H3,(H,31,34)(H,32,36). The van der Waals surface area contributed by atoms with Gasteiger partial charge in [0.15, 0.2) is 0 Å². The van der Waals surface area contributed by atoms with Gasteiger partial charge in [-0.25, -0.2) is 4.79 Å². The van der Waals surface area contributed by atoms with Gasteiger partial charge in [-0.05, 0) is 51.2 Å². The lowest BCUT2D eigenvalue weighted by Gasteiger charge is -2.36. The average molecular weight is 514 g/mol. The normalized spacial score (nSPS) is 12.8. The lowest BCUT2D eigenvalue weighted by molar-refractivity contribution is -0.143. The number of nitrogens with one attached hydrogen (secondary N) is 2. The van der Waals surface area contributed by atoms with Gasteiger partial charge in [-0.3, -0.25) is 9.59 Å². The van der Waals surface area contributed by atoms with Crippen LogP contribution in [0.3, 0.4) is 0 Å². The monoisotopic (exact) mass is 513 g/mol. The van der Waals surface area contributed by atoms with Crippen molar-refractivity contribution >= 4 is 17.9 Å². The summed E-state index contributed by atoms with van der Waals surface area (Å²) >= 11 is 0. The SMILES string of the molecule is C#Cc1ccccc1C(C(=O)NCCCC)N(CCCCCC)C(=O)C(NC(=O)OC(C)(C)C)C(C)C. The van der Waals surface area contributed by atoms with E-state index >= 15 is 0 Å². The predicted molar refractivity (Wildman–Crippen MR) is 149 cm³/mol. The van der Waals surface area contributed by atoms with Crippen molar-refractivity contribution in [3.05, 3.63) is 35.4 Å². The molecule has 2 N–H and O–H groups in total. The van der Waals surface area contributed by atoms with Crippen molar-refractivity contribution in [1.82, 2.24) is 15.5 Å². The molecule has 0 aliphatic carbocycles. The van der Waals surface area contributed by atoms with Crippen molar-refractivity contribution in [1.29, 1.82) is 0 Å². The van der Waals surface area contributed by atoms with Gasteiger partial charge in [0.25, 0.3) is 0 Å². The van der Waals surface area contributed by atoms with E-state index in [-0.39, 0.29) is 17.7 Å². The number of ether oxygens (including phenoxy) is 1. The van der Waals surface area contributed by atoms with Crippen LogP contribution < -0.4 is 10.6 Å². The van der Waals surface area contributed by atoms with Gasteiger partial charge in [0.05, 0.1) is 0 Å². The van der Waals surface area contributed by atoms with E-state index in [0.29, 0.717) is 24.2 Å². The molecule has 0 spiro atoms. The fraction of sp³-hybridized carbons (Fsp3) is 0.633. The molecule has 1 aromatic rings. The Hall–Kier alpha value is -3.01. The Kier molecular flexibility index (Phi) is 13.8. The smallest absolute Gasteiger partial charge is 0.408 e. The van der Waals surface area contributed by atoms with Crippen LogP contribution in [-0.4, -0.2) is 47.5 Å². The van der Waals surface area contributed by atoms with Crippen LogP contribution >= 0.6 is 0 Å². The second-order valence-electron chi connectivity index (χ2n) is 10.7. The number of hydrogen-bond donors (Lipinski definition) is 2. The zero-order valence-electron chi connectivity index (χ0n) is 23.9. The molecule has 3 amide bonds. The van der Waals surface area contributed by atoms with Crippen molar-refractivity contribution < 1.29 is 19.1 Å². The predicted octanol–water partition coefficient (Wildman–Crippen LogP) is 5.58. The van der Waals surface area contributed by atoms with Gasteiger partial charge in [-0.15, -0.1) is 6.42 Å². The average Bonchev–Trinajstić information content (AvgIpc) is 2.83. The summed E-state index contributed by atoms with van der Waals surface area (Å²) in [5.41, 5.74) is 0.454. The van der Waals surface area contributed by atoms with E-state index in [9.17, 15) is 14.4 Å². The molecule has 0 saturated heterocycles. The minimum Gasteiger partial charge on any atom is -0.444 e. The van der Waals surface area contributed by atoms with E-state index in [1.54, 1.807) is 37.8 Å². The molecule has 0 fully saturated rings. The first-order valence-corrected chi connectivity index (χ1v) is 13.6. The van der Waals surface area contributed by atoms with Crippen molar-refractivity contribution in [2.24, 2.45) is 5.92 Å². The number of terminal acetylenes is 1. The molecule has 206 valence electrons. The molecule has 0 bridgehead atoms. The summed E-state index contributed by atoms with van der Waals surface area (Å²) in [6.45, 7) is 14.1. The van der Waals surface area contributed by atoms with Crippen LogP contribution in [0.1, 0.15) is 104 Å². The van der Waals surface area contributed by atoms with E-state index in [0.717, 1.165) is 38.5 Å². The summed E-state index contributed by atoms with van der Waals surface area (Å²) in [7, 11) is 0. The van der Waals surface area contributed by atoms with Crippen molar-refractivity contribution in [3.63, 3.8) is 0 Å². The highest BCUT2D eigenvalue weighted by molar-refractivity contribution is 5.92. The van der Waals surface area contributed by atoms with E-state index in [4.69, 9.17) is 11.2 Å². The second-order valence-corrected chi connectivity index (χ2v) is 10.7. The van der Waals surface area contributed by atoms with E-state index in [2.05, 4.69) is 30.4 Å². The molecule has 1 rings (SSSR count). The Labute approximate surface area is 224 Å². The Morgan fingerprint density at radius 3 is 2.24 bits per heavy atom. The lowest BCUT2D eigenvalue weighted by atomic mass is 9.95. The minimum absolute atomic E-state index is 0.232. The Balaban J connectivity index is 3.50. The second kappa shape index (κ2) is 16.0. The van der Waals surface area contributed by atoms with Crippen molar-refractivity contribution in [3.8, 4) is 12.3 Å². The lowest BCUT2D eigenvalue weighted by Crippen LogP contribution is -2.55. The number of rotatable bonds is 14. The fourth-order valence-electron chi connectivity index (χ4n) is 4.00. The first-order valence-electron chi connectivity index (χ1n) is 13.6. The van der Waals surface area contributed by atoms with Gasteiger partial charge < -0.3 is 20.3 Å². The molecule has 2 unspecified atom stereocenters. The summed E-state index contributed by atoms with van der Waals surface area (Å²) in [4.78, 5) is 42.0. The van der Waals surface area contributed by atoms with Crippen LogP contribution in [0.4, 0.5) is 4.79 Å². The van der Waals surface area contributed by atoms with Crippen LogP contribution in [0.25, 0.3) is 0 Å². The first kappa shape index (κ1) is 32.0. The van der Waals surface area contributed by atoms with Crippen molar-refractivity contribution in [2.45, 2.75) is 105 Å². The van der Waals surface area contributed by atoms with Crippen LogP contribution in [-0.2, 0) is 14.3 Å². The number of hydrogen-bond acceptors (Lipinski definition) is 4. The Morgan fingerprint density at radius 1 is 1.03 bits per heavy atom.